The van der Waals surface area contributed by atoms with Crippen LogP contribution in [0.2, 0.25) is 0 Å². The van der Waals surface area contributed by atoms with Gasteiger partial charge in [-0.15, -0.1) is 11.8 Å². The molecule has 0 bridgehead atoms. The average Bonchev–Trinajstić information content (AvgIpc) is 3.10. The van der Waals surface area contributed by atoms with Crippen LogP contribution in [0.5, 0.6) is 0 Å². The highest BCUT2D eigenvalue weighted by Crippen LogP contribution is 2.79. The first kappa shape index (κ1) is 18.8. The van der Waals surface area contributed by atoms with Gasteiger partial charge in [0.05, 0.1) is 0 Å². The Bertz CT molecular complexity index is 1180. The number of hydrogen-bond donors (Lipinski definition) is 1. The Morgan fingerprint density at radius 3 is 1.90 bits per heavy atom. The van der Waals surface area contributed by atoms with Crippen LogP contribution in [0.1, 0.15) is 13.8 Å². The van der Waals surface area contributed by atoms with Gasteiger partial charge in [0.2, 0.25) is 0 Å². The number of hydrogen-bond acceptors (Lipinski definition) is 2. The lowest BCUT2D eigenvalue weighted by Gasteiger charge is -2.50. The van der Waals surface area contributed by atoms with Crippen molar-refractivity contribution in [2.75, 3.05) is 18.2 Å². The molecular weight excluding hydrogens is 402 g/mol. The standard InChI is InChI=1S/C27H27NS2/c1-18-15-28-17-29-16-19(2)30(18)26-22-9-5-3-7-20(22)11-13-24(26)25-14-12-21-8-4-6-10-23(21)27(25)30/h3-14,18-19,28H,15-17H2,1-2H3. The molecule has 1 spiro atoms. The van der Waals surface area contributed by atoms with Crippen LogP contribution in [-0.2, 0) is 0 Å². The van der Waals surface area contributed by atoms with E-state index in [9.17, 15) is 0 Å². The smallest absolute Gasteiger partial charge is 0.0418 e. The SMILES string of the molecule is CC1CNCSCC(C)S12c1c(ccc3ccccc13)-c1ccc3ccccc3c12. The van der Waals surface area contributed by atoms with Crippen molar-refractivity contribution in [3.63, 3.8) is 0 Å². The van der Waals surface area contributed by atoms with Gasteiger partial charge in [-0.1, -0.05) is 86.6 Å². The number of nitrogens with one attached hydrogen (secondary N) is 1. The summed E-state index contributed by atoms with van der Waals surface area (Å²) in [5.41, 5.74) is 2.96. The topological polar surface area (TPSA) is 12.0 Å². The molecule has 4 aromatic rings. The van der Waals surface area contributed by atoms with Crippen LogP contribution in [0.4, 0.5) is 0 Å². The van der Waals surface area contributed by atoms with Gasteiger partial charge in [-0.25, -0.2) is 0 Å². The molecule has 152 valence electrons. The van der Waals surface area contributed by atoms with Crippen LogP contribution in [0.25, 0.3) is 32.7 Å². The van der Waals surface area contributed by atoms with E-state index in [1.165, 1.54) is 38.4 Å². The Morgan fingerprint density at radius 2 is 1.30 bits per heavy atom. The molecule has 0 aromatic heterocycles. The molecule has 0 aliphatic carbocycles. The first-order valence-electron chi connectivity index (χ1n) is 10.9. The molecule has 30 heavy (non-hydrogen) atoms. The monoisotopic (exact) mass is 429 g/mol. The van der Waals surface area contributed by atoms with Gasteiger partial charge in [-0.05, 0) is 32.7 Å². The van der Waals surface area contributed by atoms with Gasteiger partial charge in [0.15, 0.2) is 0 Å². The Morgan fingerprint density at radius 1 is 0.733 bits per heavy atom. The van der Waals surface area contributed by atoms with Crippen molar-refractivity contribution in [1.29, 1.82) is 0 Å². The number of benzene rings is 4. The summed E-state index contributed by atoms with van der Waals surface area (Å²) < 4.78 is 0. The fraction of sp³-hybridized carbons (Fsp3) is 0.259. The van der Waals surface area contributed by atoms with Crippen molar-refractivity contribution in [3.8, 4) is 11.1 Å². The van der Waals surface area contributed by atoms with Crippen LogP contribution >= 0.6 is 21.8 Å². The zero-order chi connectivity index (χ0) is 20.3. The molecule has 2 unspecified atom stereocenters. The summed E-state index contributed by atoms with van der Waals surface area (Å²) >= 11 is 2.07. The minimum Gasteiger partial charge on any atom is -0.307 e. The maximum atomic E-state index is 3.75. The van der Waals surface area contributed by atoms with Crippen LogP contribution in [0.3, 0.4) is 0 Å². The molecule has 2 atom stereocenters. The summed E-state index contributed by atoms with van der Waals surface area (Å²) in [4.78, 5) is 3.30. The molecule has 6 rings (SSSR count). The van der Waals surface area contributed by atoms with E-state index in [1.54, 1.807) is 9.79 Å². The van der Waals surface area contributed by atoms with Crippen molar-refractivity contribution < 1.29 is 0 Å². The highest BCUT2D eigenvalue weighted by atomic mass is 32.3. The van der Waals surface area contributed by atoms with E-state index in [0.717, 1.165) is 12.4 Å². The molecule has 2 heterocycles. The van der Waals surface area contributed by atoms with Crippen molar-refractivity contribution in [2.45, 2.75) is 34.1 Å². The third-order valence-electron chi connectivity index (χ3n) is 6.98. The third kappa shape index (κ3) is 2.43. The molecule has 1 fully saturated rings. The Kier molecular flexibility index (Phi) is 4.42. The number of thioether (sulfide) groups is 1. The highest BCUT2D eigenvalue weighted by molar-refractivity contribution is 8.35. The minimum atomic E-state index is -1.23. The maximum absolute atomic E-state index is 3.75. The third-order valence-corrected chi connectivity index (χ3v) is 13.4. The summed E-state index contributed by atoms with van der Waals surface area (Å²) in [5.74, 6) is 2.27. The second-order valence-corrected chi connectivity index (χ2v) is 13.5. The van der Waals surface area contributed by atoms with E-state index in [-0.39, 0.29) is 0 Å². The fourth-order valence-corrected chi connectivity index (χ4v) is 12.8. The summed E-state index contributed by atoms with van der Waals surface area (Å²) in [7, 11) is -1.23. The van der Waals surface area contributed by atoms with E-state index >= 15 is 0 Å². The van der Waals surface area contributed by atoms with Gasteiger partial charge in [0.25, 0.3) is 0 Å². The minimum absolute atomic E-state index is 0.588. The van der Waals surface area contributed by atoms with E-state index in [1.807, 2.05) is 0 Å². The number of rotatable bonds is 0. The second kappa shape index (κ2) is 7.05. The summed E-state index contributed by atoms with van der Waals surface area (Å²) in [6.07, 6.45) is 0. The van der Waals surface area contributed by atoms with Gasteiger partial charge < -0.3 is 5.32 Å². The summed E-state index contributed by atoms with van der Waals surface area (Å²) in [6.45, 7) is 6.13. The lowest BCUT2D eigenvalue weighted by Crippen LogP contribution is -2.37. The molecule has 4 aromatic carbocycles. The van der Waals surface area contributed by atoms with E-state index in [4.69, 9.17) is 0 Å². The van der Waals surface area contributed by atoms with Crippen molar-refractivity contribution in [3.05, 3.63) is 72.8 Å². The number of fused-ring (bicyclic) bond motifs is 9. The van der Waals surface area contributed by atoms with Crippen molar-refractivity contribution in [1.82, 2.24) is 5.32 Å². The fourth-order valence-electron chi connectivity index (χ4n) is 5.74. The van der Waals surface area contributed by atoms with E-state index < -0.39 is 10.0 Å². The maximum Gasteiger partial charge on any atom is 0.0418 e. The Labute approximate surface area is 184 Å². The molecular formula is C27H27NS2. The highest BCUT2D eigenvalue weighted by Gasteiger charge is 2.48. The van der Waals surface area contributed by atoms with Crippen LogP contribution in [0.15, 0.2) is 82.6 Å². The molecule has 1 saturated heterocycles. The molecule has 2 aliphatic rings. The molecule has 1 nitrogen and oxygen atoms in total. The Balaban J connectivity index is 1.82. The normalized spacial score (nSPS) is 23.7. The summed E-state index contributed by atoms with van der Waals surface area (Å²) in [6, 6.07) is 27.6. The average molecular weight is 430 g/mol. The summed E-state index contributed by atoms with van der Waals surface area (Å²) in [5, 5.41) is 10.7. The lowest BCUT2D eigenvalue weighted by molar-refractivity contribution is 0.750. The van der Waals surface area contributed by atoms with E-state index in [2.05, 4.69) is 104 Å². The largest absolute Gasteiger partial charge is 0.307 e. The molecule has 2 aliphatic heterocycles. The molecule has 3 heteroatoms. The lowest BCUT2D eigenvalue weighted by atomic mass is 9.99. The van der Waals surface area contributed by atoms with Gasteiger partial charge in [0, 0.05) is 38.5 Å². The van der Waals surface area contributed by atoms with Gasteiger partial charge in [0.1, 0.15) is 0 Å². The molecule has 0 saturated carbocycles. The molecule has 1 N–H and O–H groups in total. The van der Waals surface area contributed by atoms with Gasteiger partial charge in [-0.2, -0.15) is 10.0 Å². The van der Waals surface area contributed by atoms with Crippen LogP contribution in [-0.4, -0.2) is 28.7 Å². The molecule has 0 amide bonds. The van der Waals surface area contributed by atoms with Gasteiger partial charge in [-0.3, -0.25) is 0 Å². The van der Waals surface area contributed by atoms with Crippen LogP contribution < -0.4 is 5.32 Å². The predicted molar refractivity (Wildman–Crippen MR) is 135 cm³/mol. The zero-order valence-electron chi connectivity index (χ0n) is 17.5. The van der Waals surface area contributed by atoms with E-state index in [0.29, 0.717) is 10.5 Å². The predicted octanol–water partition coefficient (Wildman–Crippen LogP) is 7.27. The quantitative estimate of drug-likeness (QED) is 0.315. The van der Waals surface area contributed by atoms with Gasteiger partial charge >= 0.3 is 0 Å². The zero-order valence-corrected chi connectivity index (χ0v) is 19.2. The van der Waals surface area contributed by atoms with Crippen molar-refractivity contribution in [2.24, 2.45) is 0 Å². The second-order valence-electron chi connectivity index (χ2n) is 8.63. The first-order chi connectivity index (χ1) is 14.7. The van der Waals surface area contributed by atoms with Crippen LogP contribution in [0, 0.1) is 0 Å². The van der Waals surface area contributed by atoms with Crippen molar-refractivity contribution >= 4 is 43.3 Å². The first-order valence-corrected chi connectivity index (χ1v) is 13.8. The molecule has 0 radical (unpaired) electrons. The Hall–Kier alpha value is -1.94.